The molecule has 0 aliphatic rings. The number of nitrogens with zero attached hydrogens (tertiary/aromatic N) is 2. The maximum atomic E-state index is 12.0. The number of aryl methyl sites for hydroxylation is 1. The number of aromatic amines is 1. The van der Waals surface area contributed by atoms with Gasteiger partial charge in [0.05, 0.1) is 18.5 Å². The Morgan fingerprint density at radius 1 is 1.40 bits per heavy atom. The molecule has 1 heterocycles. The maximum Gasteiger partial charge on any atom is 0.326 e. The Morgan fingerprint density at radius 3 is 2.75 bits per heavy atom. The zero-order chi connectivity index (χ0) is 14.7. The lowest BCUT2D eigenvalue weighted by Gasteiger charge is -2.07. The van der Waals surface area contributed by atoms with Crippen molar-refractivity contribution in [3.63, 3.8) is 0 Å². The monoisotopic (exact) mass is 269 g/mol. The van der Waals surface area contributed by atoms with Crippen molar-refractivity contribution in [3.05, 3.63) is 69.5 Å². The minimum absolute atomic E-state index is 0.117. The van der Waals surface area contributed by atoms with Gasteiger partial charge in [-0.3, -0.25) is 9.56 Å². The van der Waals surface area contributed by atoms with Crippen LogP contribution in [0.1, 0.15) is 29.4 Å². The van der Waals surface area contributed by atoms with Crippen LogP contribution in [0.2, 0.25) is 0 Å². The Morgan fingerprint density at radius 2 is 2.10 bits per heavy atom. The third kappa shape index (κ3) is 2.96. The van der Waals surface area contributed by atoms with Gasteiger partial charge in [0.1, 0.15) is 0 Å². The maximum absolute atomic E-state index is 12.0. The first-order chi connectivity index (χ1) is 9.49. The number of hydrogen-bond donors (Lipinski definition) is 1. The van der Waals surface area contributed by atoms with Gasteiger partial charge in [0.15, 0.2) is 0 Å². The number of hydrogen-bond acceptors (Lipinski definition) is 2. The molecule has 0 saturated heterocycles. The van der Waals surface area contributed by atoms with Crippen LogP contribution in [0, 0.1) is 13.8 Å². The zero-order valence-corrected chi connectivity index (χ0v) is 12.1. The smallest absolute Gasteiger partial charge is 0.304 e. The molecule has 104 valence electrons. The molecular weight excluding hydrogens is 250 g/mol. The van der Waals surface area contributed by atoms with Gasteiger partial charge in [0.2, 0.25) is 0 Å². The highest BCUT2D eigenvalue weighted by atomic mass is 16.1. The lowest BCUT2D eigenvalue weighted by molar-refractivity contribution is 0.734. The minimum Gasteiger partial charge on any atom is -0.304 e. The van der Waals surface area contributed by atoms with Crippen LogP contribution < -0.4 is 5.69 Å². The number of allylic oxidation sites excluding steroid dienone is 1. The van der Waals surface area contributed by atoms with Crippen LogP contribution in [0.15, 0.2) is 46.3 Å². The van der Waals surface area contributed by atoms with E-state index in [1.807, 2.05) is 45.0 Å². The van der Waals surface area contributed by atoms with Crippen molar-refractivity contribution in [2.45, 2.75) is 27.3 Å². The topological polar surface area (TPSA) is 50.1 Å². The lowest BCUT2D eigenvalue weighted by atomic mass is 10.1. The number of nitrogens with one attached hydrogen (secondary N) is 1. The summed E-state index contributed by atoms with van der Waals surface area (Å²) in [5.41, 5.74) is 4.51. The van der Waals surface area contributed by atoms with Crippen LogP contribution in [0.4, 0.5) is 0 Å². The lowest BCUT2D eigenvalue weighted by Crippen LogP contribution is -2.19. The van der Waals surface area contributed by atoms with Crippen molar-refractivity contribution in [1.82, 2.24) is 9.55 Å². The summed E-state index contributed by atoms with van der Waals surface area (Å²) in [5, 5.41) is 0. The molecule has 4 heteroatoms. The third-order valence-electron chi connectivity index (χ3n) is 3.29. The zero-order valence-electron chi connectivity index (χ0n) is 12.1. The summed E-state index contributed by atoms with van der Waals surface area (Å²) >= 11 is 0. The molecule has 0 spiro atoms. The second-order valence-electron chi connectivity index (χ2n) is 4.94. The average Bonchev–Trinajstić information content (AvgIpc) is 2.66. The van der Waals surface area contributed by atoms with Gasteiger partial charge in [0, 0.05) is 11.4 Å². The SMILES string of the molecule is C=C(C)N=Cc1[nH]c(=O)n(Cc2ccccc2C)c1C. The largest absolute Gasteiger partial charge is 0.326 e. The first-order valence-corrected chi connectivity index (χ1v) is 6.52. The molecule has 4 nitrogen and oxygen atoms in total. The van der Waals surface area contributed by atoms with E-state index in [2.05, 4.69) is 16.6 Å². The van der Waals surface area contributed by atoms with E-state index in [1.54, 1.807) is 10.8 Å². The van der Waals surface area contributed by atoms with Crippen LogP contribution in [0.25, 0.3) is 0 Å². The number of rotatable bonds is 4. The summed E-state index contributed by atoms with van der Waals surface area (Å²) in [4.78, 5) is 19.0. The van der Waals surface area contributed by atoms with Crippen molar-refractivity contribution in [2.75, 3.05) is 0 Å². The van der Waals surface area contributed by atoms with Crippen molar-refractivity contribution >= 4 is 6.21 Å². The standard InChI is InChI=1S/C16H19N3O/c1-11(2)17-9-15-13(4)19(16(20)18-15)10-14-8-6-5-7-12(14)3/h5-9H,1,10H2,2-4H3,(H,18,20). The van der Waals surface area contributed by atoms with Gasteiger partial charge in [-0.25, -0.2) is 4.79 Å². The number of benzene rings is 1. The average molecular weight is 269 g/mol. The molecule has 0 unspecified atom stereocenters. The predicted octanol–water partition coefficient (Wildman–Crippen LogP) is 2.79. The van der Waals surface area contributed by atoms with Gasteiger partial charge in [-0.2, -0.15) is 0 Å². The summed E-state index contributed by atoms with van der Waals surface area (Å²) in [6.45, 7) is 10.0. The highest BCUT2D eigenvalue weighted by Crippen LogP contribution is 2.10. The molecule has 0 aliphatic carbocycles. The van der Waals surface area contributed by atoms with Crippen LogP contribution in [-0.4, -0.2) is 15.8 Å². The molecule has 0 radical (unpaired) electrons. The van der Waals surface area contributed by atoms with Crippen LogP contribution in [-0.2, 0) is 6.54 Å². The van der Waals surface area contributed by atoms with E-state index in [4.69, 9.17) is 0 Å². The van der Waals surface area contributed by atoms with E-state index in [0.717, 1.165) is 17.0 Å². The minimum atomic E-state index is -0.117. The Bertz CT molecular complexity index is 720. The third-order valence-corrected chi connectivity index (χ3v) is 3.29. The van der Waals surface area contributed by atoms with E-state index in [1.165, 1.54) is 5.56 Å². The second kappa shape index (κ2) is 5.74. The Hall–Kier alpha value is -2.36. The number of H-pyrrole nitrogens is 1. The first-order valence-electron chi connectivity index (χ1n) is 6.52. The first kappa shape index (κ1) is 14.1. The van der Waals surface area contributed by atoms with Gasteiger partial charge in [-0.1, -0.05) is 30.8 Å². The van der Waals surface area contributed by atoms with Crippen LogP contribution in [0.5, 0.6) is 0 Å². The molecular formula is C16H19N3O. The Kier molecular flexibility index (Phi) is 4.03. The summed E-state index contributed by atoms with van der Waals surface area (Å²) in [6.07, 6.45) is 1.65. The molecule has 2 aromatic rings. The molecule has 20 heavy (non-hydrogen) atoms. The quantitative estimate of drug-likeness (QED) is 0.852. The van der Waals surface area contributed by atoms with E-state index in [9.17, 15) is 4.79 Å². The number of aliphatic imine (C=N–C) groups is 1. The fourth-order valence-corrected chi connectivity index (χ4v) is 2.02. The predicted molar refractivity (Wildman–Crippen MR) is 82.5 cm³/mol. The van der Waals surface area contributed by atoms with Crippen molar-refractivity contribution < 1.29 is 0 Å². The molecule has 1 aromatic carbocycles. The molecule has 0 aliphatic heterocycles. The fraction of sp³-hybridized carbons (Fsp3) is 0.250. The van der Waals surface area contributed by atoms with E-state index in [0.29, 0.717) is 12.2 Å². The summed E-state index contributed by atoms with van der Waals surface area (Å²) < 4.78 is 1.72. The van der Waals surface area contributed by atoms with Gasteiger partial charge < -0.3 is 4.98 Å². The summed E-state index contributed by atoms with van der Waals surface area (Å²) in [7, 11) is 0. The van der Waals surface area contributed by atoms with Gasteiger partial charge >= 0.3 is 5.69 Å². The molecule has 0 saturated carbocycles. The van der Waals surface area contributed by atoms with Crippen molar-refractivity contribution in [1.29, 1.82) is 0 Å². The van der Waals surface area contributed by atoms with Gasteiger partial charge in [-0.05, 0) is 31.9 Å². The molecule has 0 atom stereocenters. The van der Waals surface area contributed by atoms with E-state index < -0.39 is 0 Å². The normalized spacial score (nSPS) is 11.2. The van der Waals surface area contributed by atoms with E-state index >= 15 is 0 Å². The fourth-order valence-electron chi connectivity index (χ4n) is 2.02. The molecule has 0 fully saturated rings. The van der Waals surface area contributed by atoms with Gasteiger partial charge in [0.25, 0.3) is 0 Å². The molecule has 1 aromatic heterocycles. The summed E-state index contributed by atoms with van der Waals surface area (Å²) in [5.74, 6) is 0. The van der Waals surface area contributed by atoms with Crippen molar-refractivity contribution in [2.24, 2.45) is 4.99 Å². The van der Waals surface area contributed by atoms with Crippen molar-refractivity contribution in [3.8, 4) is 0 Å². The highest BCUT2D eigenvalue weighted by Gasteiger charge is 2.09. The second-order valence-corrected chi connectivity index (χ2v) is 4.94. The van der Waals surface area contributed by atoms with Gasteiger partial charge in [-0.15, -0.1) is 0 Å². The summed E-state index contributed by atoms with van der Waals surface area (Å²) in [6, 6.07) is 8.07. The highest BCUT2D eigenvalue weighted by molar-refractivity contribution is 5.79. The van der Waals surface area contributed by atoms with Crippen LogP contribution >= 0.6 is 0 Å². The molecule has 1 N–H and O–H groups in total. The Labute approximate surface area is 118 Å². The van der Waals surface area contributed by atoms with E-state index in [-0.39, 0.29) is 5.69 Å². The molecule has 0 bridgehead atoms. The Balaban J connectivity index is 2.37. The molecule has 0 amide bonds. The van der Waals surface area contributed by atoms with Crippen LogP contribution in [0.3, 0.4) is 0 Å². The number of aromatic nitrogens is 2. The molecule has 2 rings (SSSR count). The number of imidazole rings is 1.